The van der Waals surface area contributed by atoms with E-state index in [1.54, 1.807) is 6.07 Å². The van der Waals surface area contributed by atoms with Crippen LogP contribution in [-0.4, -0.2) is 111 Å². The quantitative estimate of drug-likeness (QED) is 0.122. The number of imide groups is 2. The van der Waals surface area contributed by atoms with Crippen LogP contribution in [0.25, 0.3) is 33.3 Å². The van der Waals surface area contributed by atoms with E-state index in [1.165, 1.54) is 5.69 Å². The van der Waals surface area contributed by atoms with Crippen molar-refractivity contribution in [2.75, 3.05) is 42.5 Å². The highest BCUT2D eigenvalue weighted by Crippen LogP contribution is 2.38. The van der Waals surface area contributed by atoms with E-state index in [-0.39, 0.29) is 30.1 Å². The Morgan fingerprint density at radius 2 is 1.54 bits per heavy atom. The van der Waals surface area contributed by atoms with Gasteiger partial charge in [0.2, 0.25) is 11.8 Å². The number of nitrogens with one attached hydrogen (secondary N) is 3. The Hall–Kier alpha value is -7.20. The van der Waals surface area contributed by atoms with Crippen LogP contribution in [0.5, 0.6) is 0 Å². The lowest BCUT2D eigenvalue weighted by molar-refractivity contribution is -0.136. The molecule has 0 spiro atoms. The maximum absolute atomic E-state index is 13.5. The van der Waals surface area contributed by atoms with Gasteiger partial charge in [-0.15, -0.1) is 0 Å². The van der Waals surface area contributed by atoms with Gasteiger partial charge in [-0.05, 0) is 116 Å². The van der Waals surface area contributed by atoms with Crippen molar-refractivity contribution in [1.82, 2.24) is 40.8 Å². The molecule has 5 fully saturated rings. The molecule has 6 aromatic rings. The Morgan fingerprint density at radius 3 is 2.26 bits per heavy atom. The summed E-state index contributed by atoms with van der Waals surface area (Å²) in [6, 6.07) is 26.8. The second-order valence-electron chi connectivity index (χ2n) is 20.5. The maximum Gasteiger partial charge on any atom is 0.315 e. The van der Waals surface area contributed by atoms with E-state index < -0.39 is 29.7 Å². The third kappa shape index (κ3) is 8.34. The van der Waals surface area contributed by atoms with Gasteiger partial charge in [0.15, 0.2) is 5.82 Å². The molecule has 354 valence electrons. The van der Waals surface area contributed by atoms with Gasteiger partial charge in [0.25, 0.3) is 11.8 Å². The molecule has 5 amide bonds. The van der Waals surface area contributed by atoms with E-state index >= 15 is 0 Å². The van der Waals surface area contributed by atoms with Crippen molar-refractivity contribution in [2.45, 2.75) is 96.3 Å². The molecule has 2 aromatic heterocycles. The molecule has 6 aliphatic rings. The molecule has 16 heteroatoms. The summed E-state index contributed by atoms with van der Waals surface area (Å²) < 4.78 is 5.21. The minimum atomic E-state index is -0.969. The number of carbonyl (C=O) groups is 5. The molecule has 4 aromatic carbocycles. The van der Waals surface area contributed by atoms with E-state index in [0.29, 0.717) is 41.5 Å². The number of aromatic nitrogens is 4. The zero-order chi connectivity index (χ0) is 47.7. The number of benzene rings is 4. The fourth-order valence-corrected chi connectivity index (χ4v) is 11.0. The Morgan fingerprint density at radius 1 is 0.797 bits per heavy atom. The molecule has 8 heterocycles. The highest BCUT2D eigenvalue weighted by atomic mass is 16.5. The van der Waals surface area contributed by atoms with Crippen molar-refractivity contribution in [1.29, 1.82) is 0 Å². The lowest BCUT2D eigenvalue weighted by Gasteiger charge is -2.53. The van der Waals surface area contributed by atoms with Crippen LogP contribution in [0.1, 0.15) is 108 Å². The standard InChI is InChI=1S/C53H56N10O6/c1-30-23-34(5-6-35(30)26-54-48(66)49-56-52(59-69-49)53(2,3)4)46-42-24-33(9-16-43(42)57-58-46)32-7-10-36(11-8-32)60-21-19-31(20-22-60)27-61-28-39-13-12-38(61)29-62(39)37-14-15-40-41(25-37)51(68)63(50(40)67)44-17-18-45(64)55-47(44)65/h5-11,14-16,23-25,31,38-39,44H,12-13,17-22,26-29H2,1-4H3,(H,54,66)(H,57,58)(H,55,64,65). The number of hydrogen-bond donors (Lipinski definition) is 3. The molecule has 16 nitrogen and oxygen atoms in total. The average Bonchev–Trinajstić information content (AvgIpc) is 4.09. The van der Waals surface area contributed by atoms with Gasteiger partial charge in [-0.3, -0.25) is 44.2 Å². The first-order valence-corrected chi connectivity index (χ1v) is 24.2. The highest BCUT2D eigenvalue weighted by Gasteiger charge is 2.46. The first-order chi connectivity index (χ1) is 33.2. The summed E-state index contributed by atoms with van der Waals surface area (Å²) in [5, 5.41) is 18.1. The van der Waals surface area contributed by atoms with Gasteiger partial charge < -0.3 is 19.6 Å². The fraction of sp³-hybridized carbons (Fsp3) is 0.396. The number of carbonyl (C=O) groups excluding carboxylic acids is 5. The van der Waals surface area contributed by atoms with E-state index in [4.69, 9.17) is 9.62 Å². The lowest BCUT2D eigenvalue weighted by atomic mass is 9.87. The average molecular weight is 929 g/mol. The summed E-state index contributed by atoms with van der Waals surface area (Å²) in [6.45, 7) is 13.2. The van der Waals surface area contributed by atoms with Crippen LogP contribution in [0.4, 0.5) is 11.4 Å². The maximum atomic E-state index is 13.5. The molecule has 3 unspecified atom stereocenters. The number of hydrogen-bond acceptors (Lipinski definition) is 12. The van der Waals surface area contributed by atoms with Gasteiger partial charge >= 0.3 is 11.8 Å². The third-order valence-electron chi connectivity index (χ3n) is 15.0. The zero-order valence-corrected chi connectivity index (χ0v) is 39.4. The van der Waals surface area contributed by atoms with Crippen LogP contribution in [0.15, 0.2) is 83.4 Å². The largest absolute Gasteiger partial charge is 0.372 e. The molecular formula is C53H56N10O6. The van der Waals surface area contributed by atoms with Gasteiger partial charge in [0, 0.05) is 85.5 Å². The number of fused-ring (bicyclic) bond motifs is 5. The minimum Gasteiger partial charge on any atom is -0.372 e. The molecular weight excluding hydrogens is 873 g/mol. The number of aryl methyl sites for hydroxylation is 1. The molecule has 0 aliphatic carbocycles. The monoisotopic (exact) mass is 928 g/mol. The molecule has 12 rings (SSSR count). The predicted molar refractivity (Wildman–Crippen MR) is 260 cm³/mol. The van der Waals surface area contributed by atoms with Crippen LogP contribution < -0.4 is 20.4 Å². The van der Waals surface area contributed by atoms with Gasteiger partial charge in [0.05, 0.1) is 22.3 Å². The van der Waals surface area contributed by atoms with E-state index in [2.05, 4.69) is 89.1 Å². The molecule has 5 saturated heterocycles. The summed E-state index contributed by atoms with van der Waals surface area (Å²) in [7, 11) is 0. The van der Waals surface area contributed by atoms with Gasteiger partial charge in [-0.2, -0.15) is 10.1 Å². The normalized spacial score (nSPS) is 21.1. The van der Waals surface area contributed by atoms with Gasteiger partial charge in [0.1, 0.15) is 6.04 Å². The zero-order valence-electron chi connectivity index (χ0n) is 39.4. The van der Waals surface area contributed by atoms with Crippen LogP contribution in [0.3, 0.4) is 0 Å². The van der Waals surface area contributed by atoms with Crippen LogP contribution in [-0.2, 0) is 21.5 Å². The lowest BCUT2D eigenvalue weighted by Crippen LogP contribution is -2.63. The fourth-order valence-electron chi connectivity index (χ4n) is 11.0. The minimum absolute atomic E-state index is 0.0446. The van der Waals surface area contributed by atoms with Crippen molar-refractivity contribution in [3.8, 4) is 22.4 Å². The van der Waals surface area contributed by atoms with Crippen molar-refractivity contribution >= 4 is 51.8 Å². The SMILES string of the molecule is Cc1cc(-c2n[nH]c3ccc(-c4ccc(N5CCC(CN6CC7CCC6CN7c6ccc7c(c6)C(=O)N(C6CCC(=O)NC6=O)C7=O)CC5)cc4)cc23)ccc1CNC(=O)c1nc(C(C)(C)C)no1. The predicted octanol–water partition coefficient (Wildman–Crippen LogP) is 6.79. The molecule has 0 saturated carbocycles. The number of amides is 5. The molecule has 69 heavy (non-hydrogen) atoms. The number of piperidine rings is 4. The van der Waals surface area contributed by atoms with Crippen molar-refractivity contribution < 1.29 is 28.5 Å². The van der Waals surface area contributed by atoms with Crippen molar-refractivity contribution in [2.24, 2.45) is 5.92 Å². The number of anilines is 2. The topological polar surface area (TPSA) is 190 Å². The smallest absolute Gasteiger partial charge is 0.315 e. The second kappa shape index (κ2) is 17.4. The third-order valence-corrected chi connectivity index (χ3v) is 15.0. The van der Waals surface area contributed by atoms with Gasteiger partial charge in [-0.25, -0.2) is 0 Å². The van der Waals surface area contributed by atoms with E-state index in [0.717, 1.165) is 113 Å². The molecule has 0 radical (unpaired) electrons. The van der Waals surface area contributed by atoms with Gasteiger partial charge in [-0.1, -0.05) is 56.3 Å². The molecule has 6 aliphatic heterocycles. The van der Waals surface area contributed by atoms with Crippen LogP contribution >= 0.6 is 0 Å². The summed E-state index contributed by atoms with van der Waals surface area (Å²) in [5.74, 6) is -1.25. The number of piperazine rings is 1. The second-order valence-corrected chi connectivity index (χ2v) is 20.5. The number of rotatable bonds is 10. The Labute approximate surface area is 399 Å². The van der Waals surface area contributed by atoms with E-state index in [9.17, 15) is 24.0 Å². The summed E-state index contributed by atoms with van der Waals surface area (Å²) in [6.07, 6.45) is 4.74. The summed E-state index contributed by atoms with van der Waals surface area (Å²) >= 11 is 0. The van der Waals surface area contributed by atoms with Crippen molar-refractivity contribution in [3.05, 3.63) is 113 Å². The molecule has 3 atom stereocenters. The number of nitrogens with zero attached hydrogens (tertiary/aromatic N) is 7. The van der Waals surface area contributed by atoms with Crippen molar-refractivity contribution in [3.63, 3.8) is 0 Å². The number of H-pyrrole nitrogens is 1. The Kier molecular flexibility index (Phi) is 11.2. The number of aromatic amines is 1. The first-order valence-electron chi connectivity index (χ1n) is 24.2. The Bertz CT molecular complexity index is 3040. The Balaban J connectivity index is 0.683. The van der Waals surface area contributed by atoms with Crippen LogP contribution in [0.2, 0.25) is 0 Å². The molecule has 3 N–H and O–H groups in total. The van der Waals surface area contributed by atoms with Crippen LogP contribution in [0, 0.1) is 12.8 Å². The highest BCUT2D eigenvalue weighted by molar-refractivity contribution is 6.23. The summed E-state index contributed by atoms with van der Waals surface area (Å²) in [5.41, 5.74) is 9.61. The molecule has 2 bridgehead atoms. The summed E-state index contributed by atoms with van der Waals surface area (Å²) in [4.78, 5) is 76.8. The first kappa shape index (κ1) is 44.3. The van der Waals surface area contributed by atoms with E-state index in [1.807, 2.05) is 52.0 Å².